The molecule has 0 N–H and O–H groups in total. The molecule has 0 spiro atoms. The van der Waals surface area contributed by atoms with E-state index in [0.29, 0.717) is 13.2 Å². The highest BCUT2D eigenvalue weighted by Gasteiger charge is 2.48. The van der Waals surface area contributed by atoms with E-state index in [1.54, 1.807) is 14.0 Å². The van der Waals surface area contributed by atoms with Gasteiger partial charge in [-0.15, -0.1) is 0 Å². The molecular formula is C10H16O5S. The Morgan fingerprint density at radius 2 is 2.12 bits per heavy atom. The van der Waals surface area contributed by atoms with Crippen molar-refractivity contribution in [2.24, 2.45) is 0 Å². The maximum atomic E-state index is 11.0. The molecule has 0 saturated carbocycles. The Kier molecular flexibility index (Phi) is 4.21. The zero-order valence-corrected chi connectivity index (χ0v) is 10.2. The Labute approximate surface area is 98.8 Å². The molecule has 16 heavy (non-hydrogen) atoms. The number of carbonyl (C=O) groups is 1. The summed E-state index contributed by atoms with van der Waals surface area (Å²) in [6, 6.07) is 0. The van der Waals surface area contributed by atoms with Gasteiger partial charge in [-0.3, -0.25) is 4.79 Å². The first-order valence-electron chi connectivity index (χ1n) is 5.23. The molecule has 0 aromatic rings. The zero-order valence-electron chi connectivity index (χ0n) is 9.38. The van der Waals surface area contributed by atoms with Crippen LogP contribution < -0.4 is 0 Å². The monoisotopic (exact) mass is 248 g/mol. The van der Waals surface area contributed by atoms with Crippen LogP contribution in [0.5, 0.6) is 0 Å². The van der Waals surface area contributed by atoms with E-state index in [1.807, 2.05) is 0 Å². The van der Waals surface area contributed by atoms with Gasteiger partial charge in [0.05, 0.1) is 18.5 Å². The van der Waals surface area contributed by atoms with Gasteiger partial charge in [0.1, 0.15) is 25.1 Å². The van der Waals surface area contributed by atoms with Gasteiger partial charge >= 0.3 is 0 Å². The SMILES string of the molecule is COCO[C@@H]1CO[C@H]2[C@@H]1OC[C@@H]2SC(C)=O. The molecule has 0 radical (unpaired) electrons. The van der Waals surface area contributed by atoms with Crippen LogP contribution in [0.1, 0.15) is 6.92 Å². The lowest BCUT2D eigenvalue weighted by Gasteiger charge is -2.16. The molecule has 0 aromatic heterocycles. The van der Waals surface area contributed by atoms with Crippen molar-refractivity contribution in [3.05, 3.63) is 0 Å². The highest BCUT2D eigenvalue weighted by molar-refractivity contribution is 8.14. The summed E-state index contributed by atoms with van der Waals surface area (Å²) in [5, 5.41) is 0.192. The Balaban J connectivity index is 1.87. The molecule has 5 nitrogen and oxygen atoms in total. The maximum absolute atomic E-state index is 11.0. The molecule has 2 aliphatic rings. The van der Waals surface area contributed by atoms with Crippen LogP contribution in [0.15, 0.2) is 0 Å². The van der Waals surface area contributed by atoms with Crippen molar-refractivity contribution in [1.82, 2.24) is 0 Å². The van der Waals surface area contributed by atoms with Gasteiger partial charge in [-0.1, -0.05) is 11.8 Å². The number of hydrogen-bond acceptors (Lipinski definition) is 6. The lowest BCUT2D eigenvalue weighted by Crippen LogP contribution is -2.32. The van der Waals surface area contributed by atoms with E-state index in [4.69, 9.17) is 18.9 Å². The summed E-state index contributed by atoms with van der Waals surface area (Å²) in [5.74, 6) is 0. The summed E-state index contributed by atoms with van der Waals surface area (Å²) in [4.78, 5) is 11.0. The second-order valence-corrected chi connectivity index (χ2v) is 5.27. The lowest BCUT2D eigenvalue weighted by molar-refractivity contribution is -0.109. The van der Waals surface area contributed by atoms with E-state index in [-0.39, 0.29) is 35.5 Å². The number of fused-ring (bicyclic) bond motifs is 1. The van der Waals surface area contributed by atoms with Gasteiger partial charge in [-0.2, -0.15) is 0 Å². The van der Waals surface area contributed by atoms with Gasteiger partial charge in [-0.05, 0) is 0 Å². The standard InChI is InChI=1S/C10H16O5S/c1-6(11)16-8-4-14-9-7(15-5-12-2)3-13-10(8)9/h7-10H,3-5H2,1-2H3/t7-,8+,9-,10-/m1/s1. The quantitative estimate of drug-likeness (QED) is 0.672. The van der Waals surface area contributed by atoms with Crippen LogP contribution in [0, 0.1) is 0 Å². The van der Waals surface area contributed by atoms with Gasteiger partial charge in [0.25, 0.3) is 0 Å². The third-order valence-electron chi connectivity index (χ3n) is 2.68. The smallest absolute Gasteiger partial charge is 0.186 e. The molecule has 0 bridgehead atoms. The Bertz CT molecular complexity index is 260. The van der Waals surface area contributed by atoms with Gasteiger partial charge in [0, 0.05) is 14.0 Å². The molecule has 0 aromatic carbocycles. The molecule has 92 valence electrons. The maximum Gasteiger partial charge on any atom is 0.186 e. The Morgan fingerprint density at radius 1 is 1.38 bits per heavy atom. The van der Waals surface area contributed by atoms with E-state index in [0.717, 1.165) is 0 Å². The molecule has 2 saturated heterocycles. The molecule has 2 heterocycles. The predicted molar refractivity (Wildman–Crippen MR) is 58.3 cm³/mol. The third kappa shape index (κ3) is 2.57. The van der Waals surface area contributed by atoms with Crippen molar-refractivity contribution in [2.45, 2.75) is 30.5 Å². The van der Waals surface area contributed by atoms with Crippen molar-refractivity contribution in [3.8, 4) is 0 Å². The van der Waals surface area contributed by atoms with Crippen LogP contribution in [0.25, 0.3) is 0 Å². The van der Waals surface area contributed by atoms with E-state index < -0.39 is 0 Å². The molecule has 2 aliphatic heterocycles. The average molecular weight is 248 g/mol. The van der Waals surface area contributed by atoms with Gasteiger partial charge in [0.2, 0.25) is 0 Å². The lowest BCUT2D eigenvalue weighted by atomic mass is 10.1. The summed E-state index contributed by atoms with van der Waals surface area (Å²) in [7, 11) is 1.58. The fraction of sp³-hybridized carbons (Fsp3) is 0.900. The summed E-state index contributed by atoms with van der Waals surface area (Å²) in [5.41, 5.74) is 0. The minimum atomic E-state index is -0.0810. The fourth-order valence-corrected chi connectivity index (χ4v) is 2.98. The molecule has 0 amide bonds. The van der Waals surface area contributed by atoms with Crippen LogP contribution in [-0.4, -0.2) is 55.8 Å². The van der Waals surface area contributed by atoms with Crippen molar-refractivity contribution < 1.29 is 23.7 Å². The number of thioether (sulfide) groups is 1. The predicted octanol–water partition coefficient (Wildman–Crippen LogP) is 0.421. The first kappa shape index (κ1) is 12.3. The summed E-state index contributed by atoms with van der Waals surface area (Å²) >= 11 is 1.29. The number of ether oxygens (including phenoxy) is 4. The van der Waals surface area contributed by atoms with Gasteiger partial charge in [-0.25, -0.2) is 0 Å². The number of rotatable bonds is 4. The molecule has 0 aliphatic carbocycles. The minimum absolute atomic E-state index is 0.0317. The van der Waals surface area contributed by atoms with Crippen molar-refractivity contribution >= 4 is 16.9 Å². The molecule has 6 heteroatoms. The minimum Gasteiger partial charge on any atom is -0.371 e. The van der Waals surface area contributed by atoms with Crippen LogP contribution in [0.2, 0.25) is 0 Å². The highest BCUT2D eigenvalue weighted by Crippen LogP contribution is 2.35. The second kappa shape index (κ2) is 5.46. The molecule has 4 atom stereocenters. The fourth-order valence-electron chi connectivity index (χ4n) is 2.04. The van der Waals surface area contributed by atoms with Crippen LogP contribution in [0.3, 0.4) is 0 Å². The molecule has 2 fully saturated rings. The highest BCUT2D eigenvalue weighted by atomic mass is 32.2. The van der Waals surface area contributed by atoms with Crippen molar-refractivity contribution in [3.63, 3.8) is 0 Å². The third-order valence-corrected chi connectivity index (χ3v) is 3.72. The number of hydrogen-bond donors (Lipinski definition) is 0. The largest absolute Gasteiger partial charge is 0.371 e. The molecular weight excluding hydrogens is 232 g/mol. The van der Waals surface area contributed by atoms with Gasteiger partial charge in [0.15, 0.2) is 5.12 Å². The average Bonchev–Trinajstić information content (AvgIpc) is 2.78. The number of carbonyl (C=O) groups excluding carboxylic acids is 1. The normalized spacial score (nSPS) is 37.6. The number of methoxy groups -OCH3 is 1. The van der Waals surface area contributed by atoms with E-state index >= 15 is 0 Å². The van der Waals surface area contributed by atoms with Crippen LogP contribution in [-0.2, 0) is 23.7 Å². The topological polar surface area (TPSA) is 54.0 Å². The Morgan fingerprint density at radius 3 is 2.81 bits per heavy atom. The zero-order chi connectivity index (χ0) is 11.5. The molecule has 0 unspecified atom stereocenters. The first-order valence-corrected chi connectivity index (χ1v) is 6.11. The van der Waals surface area contributed by atoms with Crippen LogP contribution in [0.4, 0.5) is 0 Å². The summed E-state index contributed by atoms with van der Waals surface area (Å²) in [6.07, 6.45) is -0.176. The van der Waals surface area contributed by atoms with Crippen molar-refractivity contribution in [1.29, 1.82) is 0 Å². The summed E-state index contributed by atoms with van der Waals surface area (Å²) in [6.45, 7) is 2.86. The van der Waals surface area contributed by atoms with Crippen molar-refractivity contribution in [2.75, 3.05) is 27.1 Å². The van der Waals surface area contributed by atoms with E-state index in [1.165, 1.54) is 11.8 Å². The van der Waals surface area contributed by atoms with E-state index in [9.17, 15) is 4.79 Å². The second-order valence-electron chi connectivity index (χ2n) is 3.86. The van der Waals surface area contributed by atoms with Gasteiger partial charge < -0.3 is 18.9 Å². The summed E-state index contributed by atoms with van der Waals surface area (Å²) < 4.78 is 21.5. The first-order chi connectivity index (χ1) is 7.72. The molecule has 2 rings (SSSR count). The van der Waals surface area contributed by atoms with E-state index in [2.05, 4.69) is 0 Å². The Hall–Kier alpha value is -0.140. The van der Waals surface area contributed by atoms with Crippen LogP contribution >= 0.6 is 11.8 Å².